The first-order valence-electron chi connectivity index (χ1n) is 8.08. The highest BCUT2D eigenvalue weighted by Gasteiger charge is 2.20. The van der Waals surface area contributed by atoms with Gasteiger partial charge in [0.1, 0.15) is 6.54 Å². The lowest BCUT2D eigenvalue weighted by molar-refractivity contribution is -0.122. The van der Waals surface area contributed by atoms with Gasteiger partial charge in [0.2, 0.25) is 11.7 Å². The van der Waals surface area contributed by atoms with E-state index in [1.807, 2.05) is 0 Å². The van der Waals surface area contributed by atoms with Crippen LogP contribution in [0.1, 0.15) is 25.7 Å². The highest BCUT2D eigenvalue weighted by atomic mass is 35.5. The van der Waals surface area contributed by atoms with Crippen molar-refractivity contribution in [2.24, 2.45) is 5.92 Å². The summed E-state index contributed by atoms with van der Waals surface area (Å²) in [6.45, 7) is 0.602. The third-order valence-electron chi connectivity index (χ3n) is 4.18. The van der Waals surface area contributed by atoms with Gasteiger partial charge in [0.25, 0.3) is 0 Å². The molecule has 128 valence electrons. The van der Waals surface area contributed by atoms with Crippen LogP contribution < -0.4 is 5.32 Å². The monoisotopic (exact) mass is 349 g/mol. The van der Waals surface area contributed by atoms with Gasteiger partial charge in [-0.25, -0.2) is 0 Å². The van der Waals surface area contributed by atoms with Crippen molar-refractivity contribution in [3.8, 4) is 11.4 Å². The molecule has 0 radical (unpaired) electrons. The molecule has 1 aromatic heterocycles. The van der Waals surface area contributed by atoms with Crippen molar-refractivity contribution in [3.05, 3.63) is 29.3 Å². The van der Waals surface area contributed by atoms with E-state index in [1.54, 1.807) is 24.3 Å². The fourth-order valence-corrected chi connectivity index (χ4v) is 3.04. The van der Waals surface area contributed by atoms with Crippen LogP contribution in [0.4, 0.5) is 0 Å². The number of aromatic nitrogens is 4. The first-order chi connectivity index (χ1) is 11.6. The zero-order valence-electron chi connectivity index (χ0n) is 13.2. The van der Waals surface area contributed by atoms with Gasteiger partial charge < -0.3 is 10.4 Å². The number of nitrogens with one attached hydrogen (secondary N) is 1. The zero-order valence-corrected chi connectivity index (χ0v) is 14.0. The Labute approximate surface area is 145 Å². The van der Waals surface area contributed by atoms with Gasteiger partial charge in [-0.15, -0.1) is 10.2 Å². The topological polar surface area (TPSA) is 92.9 Å². The molecule has 2 aromatic rings. The van der Waals surface area contributed by atoms with Crippen molar-refractivity contribution in [2.45, 2.75) is 38.3 Å². The number of aliphatic hydroxyl groups is 1. The predicted molar refractivity (Wildman–Crippen MR) is 89.2 cm³/mol. The third-order valence-corrected chi connectivity index (χ3v) is 4.44. The molecule has 2 atom stereocenters. The van der Waals surface area contributed by atoms with Crippen LogP contribution in [0.25, 0.3) is 11.4 Å². The highest BCUT2D eigenvalue weighted by Crippen LogP contribution is 2.23. The van der Waals surface area contributed by atoms with E-state index in [0.29, 0.717) is 23.3 Å². The Morgan fingerprint density at radius 3 is 2.88 bits per heavy atom. The summed E-state index contributed by atoms with van der Waals surface area (Å²) in [6, 6.07) is 7.11. The summed E-state index contributed by atoms with van der Waals surface area (Å²) in [4.78, 5) is 13.3. The van der Waals surface area contributed by atoms with E-state index in [-0.39, 0.29) is 18.6 Å². The second kappa shape index (κ2) is 7.72. The molecule has 24 heavy (non-hydrogen) atoms. The Morgan fingerprint density at radius 1 is 1.33 bits per heavy atom. The van der Waals surface area contributed by atoms with Gasteiger partial charge in [0, 0.05) is 17.1 Å². The number of amides is 1. The normalized spacial score (nSPS) is 20.8. The number of nitrogens with zero attached hydrogens (tertiary/aromatic N) is 4. The van der Waals surface area contributed by atoms with E-state index < -0.39 is 0 Å². The molecule has 1 aliphatic rings. The van der Waals surface area contributed by atoms with E-state index in [9.17, 15) is 9.90 Å². The lowest BCUT2D eigenvalue weighted by Gasteiger charge is -2.25. The predicted octanol–water partition coefficient (Wildman–Crippen LogP) is 1.66. The standard InChI is InChI=1S/C16H20ClN5O2/c17-13-6-4-12(5-7-13)16-19-21-22(20-16)10-15(24)18-9-11-2-1-3-14(23)8-11/h4-7,11,14,23H,1-3,8-10H2,(H,18,24). The molecular formula is C16H20ClN5O2. The van der Waals surface area contributed by atoms with Crippen molar-refractivity contribution in [2.75, 3.05) is 6.54 Å². The molecule has 0 aliphatic heterocycles. The molecule has 1 aromatic carbocycles. The summed E-state index contributed by atoms with van der Waals surface area (Å²) in [5, 5.41) is 25.2. The van der Waals surface area contributed by atoms with Crippen molar-refractivity contribution in [1.82, 2.24) is 25.5 Å². The summed E-state index contributed by atoms with van der Waals surface area (Å²) in [5.74, 6) is 0.635. The summed E-state index contributed by atoms with van der Waals surface area (Å²) in [7, 11) is 0. The molecule has 0 bridgehead atoms. The van der Waals surface area contributed by atoms with Crippen LogP contribution in [-0.4, -0.2) is 43.9 Å². The number of rotatable bonds is 5. The largest absolute Gasteiger partial charge is 0.393 e. The first kappa shape index (κ1) is 16.9. The molecule has 1 aliphatic carbocycles. The molecule has 3 rings (SSSR count). The van der Waals surface area contributed by atoms with Gasteiger partial charge in [-0.2, -0.15) is 4.80 Å². The van der Waals surface area contributed by atoms with Crippen LogP contribution in [0, 0.1) is 5.92 Å². The number of carbonyl (C=O) groups excluding carboxylic acids is 1. The second-order valence-electron chi connectivity index (χ2n) is 6.14. The molecule has 1 saturated carbocycles. The quantitative estimate of drug-likeness (QED) is 0.856. The van der Waals surface area contributed by atoms with Crippen molar-refractivity contribution in [1.29, 1.82) is 0 Å². The maximum atomic E-state index is 12.0. The van der Waals surface area contributed by atoms with E-state index in [4.69, 9.17) is 11.6 Å². The minimum atomic E-state index is -0.237. The highest BCUT2D eigenvalue weighted by molar-refractivity contribution is 6.30. The van der Waals surface area contributed by atoms with Gasteiger partial charge in [0.05, 0.1) is 6.10 Å². The molecule has 2 N–H and O–H groups in total. The number of aliphatic hydroxyl groups excluding tert-OH is 1. The molecule has 7 nitrogen and oxygen atoms in total. The van der Waals surface area contributed by atoms with Gasteiger partial charge in [-0.1, -0.05) is 18.0 Å². The van der Waals surface area contributed by atoms with Crippen LogP contribution in [0.3, 0.4) is 0 Å². The van der Waals surface area contributed by atoms with Crippen molar-refractivity contribution < 1.29 is 9.90 Å². The Balaban J connectivity index is 1.50. The van der Waals surface area contributed by atoms with Gasteiger partial charge in [0.15, 0.2) is 0 Å². The number of hydrogen-bond acceptors (Lipinski definition) is 5. The Bertz CT molecular complexity index is 688. The van der Waals surface area contributed by atoms with Crippen LogP contribution in [0.5, 0.6) is 0 Å². The summed E-state index contributed by atoms with van der Waals surface area (Å²) >= 11 is 5.85. The SMILES string of the molecule is O=C(Cn1nnc(-c2ccc(Cl)cc2)n1)NCC1CCCC(O)C1. The number of tetrazole rings is 1. The Morgan fingerprint density at radius 2 is 2.12 bits per heavy atom. The maximum absolute atomic E-state index is 12.0. The van der Waals surface area contributed by atoms with Gasteiger partial charge in [-0.3, -0.25) is 4.79 Å². The molecule has 1 amide bonds. The van der Waals surface area contributed by atoms with E-state index in [1.165, 1.54) is 4.80 Å². The average molecular weight is 350 g/mol. The first-order valence-corrected chi connectivity index (χ1v) is 8.46. The Kier molecular flexibility index (Phi) is 5.42. The van der Waals surface area contributed by atoms with Crippen LogP contribution in [0.2, 0.25) is 5.02 Å². The smallest absolute Gasteiger partial charge is 0.243 e. The molecule has 0 saturated heterocycles. The fraction of sp³-hybridized carbons (Fsp3) is 0.500. The van der Waals surface area contributed by atoms with Crippen molar-refractivity contribution >= 4 is 17.5 Å². The number of halogens is 1. The van der Waals surface area contributed by atoms with Crippen LogP contribution in [-0.2, 0) is 11.3 Å². The lowest BCUT2D eigenvalue weighted by Crippen LogP contribution is -2.35. The molecule has 1 heterocycles. The molecular weight excluding hydrogens is 330 g/mol. The summed E-state index contributed by atoms with van der Waals surface area (Å²) in [6.07, 6.45) is 3.43. The molecule has 0 spiro atoms. The lowest BCUT2D eigenvalue weighted by atomic mass is 9.87. The van der Waals surface area contributed by atoms with E-state index in [2.05, 4.69) is 20.7 Å². The van der Waals surface area contributed by atoms with Crippen LogP contribution >= 0.6 is 11.6 Å². The zero-order chi connectivity index (χ0) is 16.9. The van der Waals surface area contributed by atoms with E-state index >= 15 is 0 Å². The van der Waals surface area contributed by atoms with Gasteiger partial charge >= 0.3 is 0 Å². The Hall–Kier alpha value is -1.99. The maximum Gasteiger partial charge on any atom is 0.243 e. The third kappa shape index (κ3) is 4.52. The molecule has 1 fully saturated rings. The van der Waals surface area contributed by atoms with Crippen molar-refractivity contribution in [3.63, 3.8) is 0 Å². The molecule has 2 unspecified atom stereocenters. The number of hydrogen-bond donors (Lipinski definition) is 2. The minimum absolute atomic E-state index is 0.0237. The molecule has 8 heteroatoms. The minimum Gasteiger partial charge on any atom is -0.393 e. The average Bonchev–Trinajstić information content (AvgIpc) is 3.02. The summed E-state index contributed by atoms with van der Waals surface area (Å²) in [5.41, 5.74) is 0.794. The van der Waals surface area contributed by atoms with Gasteiger partial charge in [-0.05, 0) is 54.7 Å². The van der Waals surface area contributed by atoms with E-state index in [0.717, 1.165) is 31.2 Å². The fourth-order valence-electron chi connectivity index (χ4n) is 2.92. The summed E-state index contributed by atoms with van der Waals surface area (Å²) < 4.78 is 0. The van der Waals surface area contributed by atoms with Crippen LogP contribution in [0.15, 0.2) is 24.3 Å². The second-order valence-corrected chi connectivity index (χ2v) is 6.58. The number of benzene rings is 1. The number of carbonyl (C=O) groups is 1.